The molecule has 1 fully saturated rings. The van der Waals surface area contributed by atoms with E-state index in [1.54, 1.807) is 0 Å². The molecule has 1 aliphatic rings. The van der Waals surface area contributed by atoms with E-state index >= 15 is 0 Å². The summed E-state index contributed by atoms with van der Waals surface area (Å²) in [5.41, 5.74) is 11.2. The molecule has 1 saturated heterocycles. The smallest absolute Gasteiger partial charge is 0.0562 e. The lowest BCUT2D eigenvalue weighted by atomic mass is 9.96. The Bertz CT molecular complexity index is 103. The molecule has 1 atom stereocenters. The topological polar surface area (TPSA) is 55.3 Å². The quantitative estimate of drug-likeness (QED) is 0.490. The lowest BCUT2D eigenvalue weighted by Gasteiger charge is -2.31. The average Bonchev–Trinajstić information content (AvgIpc) is 1.88. The third-order valence-electron chi connectivity index (χ3n) is 2.21. The van der Waals surface area contributed by atoms with Crippen LogP contribution in [0.25, 0.3) is 0 Å². The predicted octanol–water partition coefficient (Wildman–Crippen LogP) is -0.428. The van der Waals surface area contributed by atoms with Crippen LogP contribution in [0.1, 0.15) is 12.8 Å². The molecule has 60 valence electrons. The van der Waals surface area contributed by atoms with Crippen LogP contribution in [-0.4, -0.2) is 31.2 Å². The van der Waals surface area contributed by atoms with Gasteiger partial charge in [0.25, 0.3) is 0 Å². The Morgan fingerprint density at radius 2 is 2.20 bits per heavy atom. The molecule has 0 spiro atoms. The van der Waals surface area contributed by atoms with Gasteiger partial charge in [-0.1, -0.05) is 0 Å². The third kappa shape index (κ3) is 1.94. The predicted molar refractivity (Wildman–Crippen MR) is 42.4 cm³/mol. The highest BCUT2D eigenvalue weighted by atomic mass is 15.1. The average molecular weight is 143 g/mol. The van der Waals surface area contributed by atoms with E-state index in [9.17, 15) is 0 Å². The monoisotopic (exact) mass is 143 g/mol. The van der Waals surface area contributed by atoms with Crippen LogP contribution in [0.5, 0.6) is 0 Å². The summed E-state index contributed by atoms with van der Waals surface area (Å²) in [5.74, 6) is 0.513. The van der Waals surface area contributed by atoms with Gasteiger partial charge in [-0.15, -0.1) is 0 Å². The van der Waals surface area contributed by atoms with Crippen LogP contribution in [0.4, 0.5) is 0 Å². The standard InChI is InChI=1S/C7H17N3/c1-10-4-2-3-6(5-10)7(8)9/h6-7H,2-5,8-9H2,1H3. The van der Waals surface area contributed by atoms with Crippen molar-refractivity contribution in [3.05, 3.63) is 0 Å². The highest BCUT2D eigenvalue weighted by Crippen LogP contribution is 2.14. The molecule has 0 radical (unpaired) electrons. The van der Waals surface area contributed by atoms with E-state index < -0.39 is 0 Å². The summed E-state index contributed by atoms with van der Waals surface area (Å²) in [6.07, 6.45) is 2.32. The van der Waals surface area contributed by atoms with Gasteiger partial charge < -0.3 is 16.4 Å². The van der Waals surface area contributed by atoms with E-state index in [0.29, 0.717) is 5.92 Å². The summed E-state index contributed by atoms with van der Waals surface area (Å²) >= 11 is 0. The lowest BCUT2D eigenvalue weighted by Crippen LogP contribution is -2.46. The van der Waals surface area contributed by atoms with E-state index in [2.05, 4.69) is 11.9 Å². The number of nitrogens with two attached hydrogens (primary N) is 2. The Labute approximate surface area is 62.4 Å². The lowest BCUT2D eigenvalue weighted by molar-refractivity contribution is 0.189. The maximum atomic E-state index is 5.58. The molecule has 0 aliphatic carbocycles. The van der Waals surface area contributed by atoms with Crippen molar-refractivity contribution in [2.24, 2.45) is 17.4 Å². The highest BCUT2D eigenvalue weighted by Gasteiger charge is 2.20. The molecule has 1 rings (SSSR count). The van der Waals surface area contributed by atoms with Gasteiger partial charge in [-0.25, -0.2) is 0 Å². The summed E-state index contributed by atoms with van der Waals surface area (Å²) in [7, 11) is 2.12. The zero-order valence-corrected chi connectivity index (χ0v) is 6.59. The normalized spacial score (nSPS) is 29.4. The Morgan fingerprint density at radius 3 is 2.60 bits per heavy atom. The van der Waals surface area contributed by atoms with Crippen LogP contribution in [0.2, 0.25) is 0 Å². The molecule has 0 saturated carbocycles. The Hall–Kier alpha value is -0.120. The van der Waals surface area contributed by atoms with Crippen LogP contribution < -0.4 is 11.5 Å². The van der Waals surface area contributed by atoms with Crippen molar-refractivity contribution in [2.75, 3.05) is 20.1 Å². The summed E-state index contributed by atoms with van der Waals surface area (Å²) < 4.78 is 0. The van der Waals surface area contributed by atoms with Crippen molar-refractivity contribution < 1.29 is 0 Å². The van der Waals surface area contributed by atoms with Crippen molar-refractivity contribution in [2.45, 2.75) is 19.0 Å². The molecule has 0 amide bonds. The Balaban J connectivity index is 2.32. The number of piperidine rings is 1. The summed E-state index contributed by atoms with van der Waals surface area (Å²) in [6.45, 7) is 2.26. The zero-order chi connectivity index (χ0) is 7.56. The van der Waals surface area contributed by atoms with E-state index in [-0.39, 0.29) is 6.17 Å². The summed E-state index contributed by atoms with van der Waals surface area (Å²) in [6, 6.07) is 0. The molecule has 0 aromatic carbocycles. The molecular formula is C7H17N3. The molecule has 1 heterocycles. The van der Waals surface area contributed by atoms with Crippen LogP contribution in [0, 0.1) is 5.92 Å². The fraction of sp³-hybridized carbons (Fsp3) is 1.00. The van der Waals surface area contributed by atoms with Gasteiger partial charge in [0.15, 0.2) is 0 Å². The minimum atomic E-state index is -0.122. The van der Waals surface area contributed by atoms with Crippen molar-refractivity contribution in [3.8, 4) is 0 Å². The van der Waals surface area contributed by atoms with Crippen LogP contribution in [0.15, 0.2) is 0 Å². The zero-order valence-electron chi connectivity index (χ0n) is 6.59. The van der Waals surface area contributed by atoms with Crippen LogP contribution in [-0.2, 0) is 0 Å². The van der Waals surface area contributed by atoms with Crippen molar-refractivity contribution >= 4 is 0 Å². The molecule has 3 nitrogen and oxygen atoms in total. The summed E-state index contributed by atoms with van der Waals surface area (Å²) in [5, 5.41) is 0. The van der Waals surface area contributed by atoms with Crippen LogP contribution >= 0.6 is 0 Å². The number of likely N-dealkylation sites (tertiary alicyclic amines) is 1. The molecule has 0 bridgehead atoms. The number of hydrogen-bond donors (Lipinski definition) is 2. The Morgan fingerprint density at radius 1 is 1.50 bits per heavy atom. The van der Waals surface area contributed by atoms with E-state index in [1.165, 1.54) is 19.4 Å². The second kappa shape index (κ2) is 3.32. The van der Waals surface area contributed by atoms with Gasteiger partial charge in [0.2, 0.25) is 0 Å². The van der Waals surface area contributed by atoms with Gasteiger partial charge in [0.1, 0.15) is 0 Å². The van der Waals surface area contributed by atoms with Gasteiger partial charge in [-0.2, -0.15) is 0 Å². The second-order valence-electron chi connectivity index (χ2n) is 3.24. The fourth-order valence-electron chi connectivity index (χ4n) is 1.52. The largest absolute Gasteiger partial charge is 0.316 e. The minimum absolute atomic E-state index is 0.122. The second-order valence-corrected chi connectivity index (χ2v) is 3.24. The molecule has 3 heteroatoms. The first kappa shape index (κ1) is 7.98. The molecular weight excluding hydrogens is 126 g/mol. The van der Waals surface area contributed by atoms with Gasteiger partial charge in [0, 0.05) is 6.54 Å². The number of hydrogen-bond acceptors (Lipinski definition) is 3. The first-order valence-electron chi connectivity index (χ1n) is 3.90. The number of nitrogens with zero attached hydrogens (tertiary/aromatic N) is 1. The molecule has 0 aromatic heterocycles. The van der Waals surface area contributed by atoms with Gasteiger partial charge >= 0.3 is 0 Å². The highest BCUT2D eigenvalue weighted by molar-refractivity contribution is 4.75. The first-order valence-corrected chi connectivity index (χ1v) is 3.90. The van der Waals surface area contributed by atoms with Gasteiger partial charge in [-0.3, -0.25) is 0 Å². The third-order valence-corrected chi connectivity index (χ3v) is 2.21. The first-order chi connectivity index (χ1) is 4.70. The maximum absolute atomic E-state index is 5.58. The fourth-order valence-corrected chi connectivity index (χ4v) is 1.52. The van der Waals surface area contributed by atoms with E-state index in [4.69, 9.17) is 11.5 Å². The van der Waals surface area contributed by atoms with Crippen molar-refractivity contribution in [1.82, 2.24) is 4.90 Å². The Kier molecular flexibility index (Phi) is 2.65. The molecule has 1 unspecified atom stereocenters. The SMILES string of the molecule is CN1CCCC(C(N)N)C1. The van der Waals surface area contributed by atoms with E-state index in [1.807, 2.05) is 0 Å². The molecule has 0 aromatic rings. The van der Waals surface area contributed by atoms with Crippen molar-refractivity contribution in [1.29, 1.82) is 0 Å². The molecule has 4 N–H and O–H groups in total. The van der Waals surface area contributed by atoms with Crippen molar-refractivity contribution in [3.63, 3.8) is 0 Å². The van der Waals surface area contributed by atoms with Gasteiger partial charge in [0.05, 0.1) is 6.17 Å². The number of rotatable bonds is 1. The molecule has 10 heavy (non-hydrogen) atoms. The van der Waals surface area contributed by atoms with E-state index in [0.717, 1.165) is 6.54 Å². The molecule has 1 aliphatic heterocycles. The van der Waals surface area contributed by atoms with Gasteiger partial charge in [-0.05, 0) is 32.4 Å². The maximum Gasteiger partial charge on any atom is 0.0562 e. The summed E-state index contributed by atoms with van der Waals surface area (Å²) in [4.78, 5) is 2.29. The minimum Gasteiger partial charge on any atom is -0.316 e. The van der Waals surface area contributed by atoms with Crippen LogP contribution in [0.3, 0.4) is 0 Å².